The molecule has 0 aliphatic carbocycles. The van der Waals surface area contributed by atoms with Crippen LogP contribution < -0.4 is 10.2 Å². The van der Waals surface area contributed by atoms with E-state index in [4.69, 9.17) is 16.3 Å². The standard InChI is InChI=1S/C20H21ClFN3O3/c1-24(20(27)19-16(21)3-2-4-17(19)22)13-18(26)23-14-5-7-15(8-6-14)25-9-11-28-12-10-25/h2-8H,9-13H2,1H3,(H,23,26). The van der Waals surface area contributed by atoms with Gasteiger partial charge in [-0.2, -0.15) is 0 Å². The Morgan fingerprint density at radius 1 is 1.18 bits per heavy atom. The molecule has 0 radical (unpaired) electrons. The van der Waals surface area contributed by atoms with Crippen LogP contribution in [0.5, 0.6) is 0 Å². The minimum atomic E-state index is -0.719. The third kappa shape index (κ3) is 4.79. The van der Waals surface area contributed by atoms with Gasteiger partial charge in [-0.1, -0.05) is 17.7 Å². The van der Waals surface area contributed by atoms with Crippen LogP contribution in [0.3, 0.4) is 0 Å². The number of rotatable bonds is 5. The lowest BCUT2D eigenvalue weighted by Crippen LogP contribution is -2.36. The highest BCUT2D eigenvalue weighted by atomic mass is 35.5. The molecule has 0 spiro atoms. The van der Waals surface area contributed by atoms with Crippen LogP contribution in [-0.4, -0.2) is 56.6 Å². The molecule has 1 saturated heterocycles. The van der Waals surface area contributed by atoms with Gasteiger partial charge >= 0.3 is 0 Å². The van der Waals surface area contributed by atoms with Crippen molar-refractivity contribution in [3.8, 4) is 0 Å². The van der Waals surface area contributed by atoms with Crippen molar-refractivity contribution in [1.29, 1.82) is 0 Å². The monoisotopic (exact) mass is 405 g/mol. The molecule has 0 unspecified atom stereocenters. The van der Waals surface area contributed by atoms with Crippen LogP contribution >= 0.6 is 11.6 Å². The van der Waals surface area contributed by atoms with Gasteiger partial charge < -0.3 is 19.9 Å². The van der Waals surface area contributed by atoms with Gasteiger partial charge in [0, 0.05) is 31.5 Å². The van der Waals surface area contributed by atoms with Gasteiger partial charge in [0.05, 0.1) is 30.3 Å². The Hall–Kier alpha value is -2.64. The Labute approximate surface area is 167 Å². The first kappa shape index (κ1) is 20.1. The molecule has 2 amide bonds. The predicted molar refractivity (Wildman–Crippen MR) is 106 cm³/mol. The van der Waals surface area contributed by atoms with Crippen LogP contribution in [0.4, 0.5) is 15.8 Å². The smallest absolute Gasteiger partial charge is 0.258 e. The second-order valence-electron chi connectivity index (χ2n) is 6.45. The minimum Gasteiger partial charge on any atom is -0.378 e. The number of carbonyl (C=O) groups is 2. The van der Waals surface area contributed by atoms with Crippen molar-refractivity contribution in [3.63, 3.8) is 0 Å². The van der Waals surface area contributed by atoms with E-state index in [1.807, 2.05) is 12.1 Å². The summed E-state index contributed by atoms with van der Waals surface area (Å²) in [5.74, 6) is -1.76. The van der Waals surface area contributed by atoms with Crippen molar-refractivity contribution in [2.24, 2.45) is 0 Å². The lowest BCUT2D eigenvalue weighted by atomic mass is 10.2. The van der Waals surface area contributed by atoms with Gasteiger partial charge in [0.25, 0.3) is 5.91 Å². The van der Waals surface area contributed by atoms with Crippen molar-refractivity contribution in [1.82, 2.24) is 4.90 Å². The van der Waals surface area contributed by atoms with E-state index in [1.54, 1.807) is 12.1 Å². The van der Waals surface area contributed by atoms with Gasteiger partial charge in [0.2, 0.25) is 5.91 Å². The molecule has 0 atom stereocenters. The second kappa shape index (κ2) is 9.03. The zero-order valence-electron chi connectivity index (χ0n) is 15.5. The molecular formula is C20H21ClFN3O3. The van der Waals surface area contributed by atoms with Gasteiger partial charge in [-0.25, -0.2) is 4.39 Å². The summed E-state index contributed by atoms with van der Waals surface area (Å²) in [5.41, 5.74) is 1.43. The first-order valence-electron chi connectivity index (χ1n) is 8.88. The number of anilines is 2. The topological polar surface area (TPSA) is 61.9 Å². The van der Waals surface area contributed by atoms with Crippen LogP contribution in [0.2, 0.25) is 5.02 Å². The number of hydrogen-bond donors (Lipinski definition) is 1. The number of carbonyl (C=O) groups excluding carboxylic acids is 2. The number of likely N-dealkylation sites (N-methyl/N-ethyl adjacent to an activating group) is 1. The number of morpholine rings is 1. The molecule has 0 aromatic heterocycles. The Morgan fingerprint density at radius 2 is 1.86 bits per heavy atom. The highest BCUT2D eigenvalue weighted by Gasteiger charge is 2.21. The molecular weight excluding hydrogens is 385 g/mol. The normalized spacial score (nSPS) is 13.9. The van der Waals surface area contributed by atoms with Crippen LogP contribution in [0.1, 0.15) is 10.4 Å². The summed E-state index contributed by atoms with van der Waals surface area (Å²) >= 11 is 5.91. The van der Waals surface area contributed by atoms with Gasteiger partial charge in [-0.15, -0.1) is 0 Å². The van der Waals surface area contributed by atoms with Gasteiger partial charge in [-0.3, -0.25) is 9.59 Å². The van der Waals surface area contributed by atoms with Crippen molar-refractivity contribution < 1.29 is 18.7 Å². The largest absolute Gasteiger partial charge is 0.378 e. The van der Waals surface area contributed by atoms with E-state index in [0.29, 0.717) is 18.9 Å². The molecule has 8 heteroatoms. The SMILES string of the molecule is CN(CC(=O)Nc1ccc(N2CCOCC2)cc1)C(=O)c1c(F)cccc1Cl. The number of nitrogens with one attached hydrogen (secondary N) is 1. The number of ether oxygens (including phenoxy) is 1. The average molecular weight is 406 g/mol. The zero-order chi connectivity index (χ0) is 20.1. The Balaban J connectivity index is 1.58. The molecule has 3 rings (SSSR count). The van der Waals surface area contributed by atoms with Crippen LogP contribution in [0, 0.1) is 5.82 Å². The first-order valence-corrected chi connectivity index (χ1v) is 9.25. The van der Waals surface area contributed by atoms with E-state index in [2.05, 4.69) is 10.2 Å². The van der Waals surface area contributed by atoms with Crippen molar-refractivity contribution in [3.05, 3.63) is 58.9 Å². The molecule has 1 heterocycles. The maximum absolute atomic E-state index is 13.9. The van der Waals surface area contributed by atoms with Crippen molar-refractivity contribution >= 4 is 34.8 Å². The number of nitrogens with zero attached hydrogens (tertiary/aromatic N) is 2. The molecule has 6 nitrogen and oxygen atoms in total. The van der Waals surface area contributed by atoms with Gasteiger partial charge in [-0.05, 0) is 36.4 Å². The summed E-state index contributed by atoms with van der Waals surface area (Å²) in [6, 6.07) is 11.5. The summed E-state index contributed by atoms with van der Waals surface area (Å²) in [5, 5.41) is 2.75. The fourth-order valence-electron chi connectivity index (χ4n) is 2.96. The second-order valence-corrected chi connectivity index (χ2v) is 6.86. The lowest BCUT2D eigenvalue weighted by Gasteiger charge is -2.28. The first-order chi connectivity index (χ1) is 13.5. The summed E-state index contributed by atoms with van der Waals surface area (Å²) < 4.78 is 19.2. The molecule has 0 saturated carbocycles. The van der Waals surface area contributed by atoms with E-state index in [0.717, 1.165) is 29.7 Å². The molecule has 1 N–H and O–H groups in total. The summed E-state index contributed by atoms with van der Waals surface area (Å²) in [4.78, 5) is 28.0. The number of benzene rings is 2. The third-order valence-corrected chi connectivity index (χ3v) is 4.75. The van der Waals surface area contributed by atoms with Crippen molar-refractivity contribution in [2.45, 2.75) is 0 Å². The lowest BCUT2D eigenvalue weighted by molar-refractivity contribution is -0.116. The maximum Gasteiger partial charge on any atom is 0.258 e. The fourth-order valence-corrected chi connectivity index (χ4v) is 3.20. The molecule has 148 valence electrons. The number of hydrogen-bond acceptors (Lipinski definition) is 4. The van der Waals surface area contributed by atoms with E-state index in [-0.39, 0.29) is 23.0 Å². The van der Waals surface area contributed by atoms with E-state index in [9.17, 15) is 14.0 Å². The average Bonchev–Trinajstić information content (AvgIpc) is 2.69. The number of halogens is 2. The molecule has 1 fully saturated rings. The summed E-state index contributed by atoms with van der Waals surface area (Å²) in [6.45, 7) is 2.83. The van der Waals surface area contributed by atoms with E-state index in [1.165, 1.54) is 19.2 Å². The molecule has 1 aliphatic heterocycles. The summed E-state index contributed by atoms with van der Waals surface area (Å²) in [7, 11) is 1.42. The fraction of sp³-hybridized carbons (Fsp3) is 0.300. The predicted octanol–water partition coefficient (Wildman–Crippen LogP) is 3.03. The van der Waals surface area contributed by atoms with E-state index >= 15 is 0 Å². The summed E-state index contributed by atoms with van der Waals surface area (Å²) in [6.07, 6.45) is 0. The van der Waals surface area contributed by atoms with Crippen LogP contribution in [0.25, 0.3) is 0 Å². The molecule has 2 aromatic carbocycles. The van der Waals surface area contributed by atoms with Gasteiger partial charge in [0.1, 0.15) is 5.82 Å². The third-order valence-electron chi connectivity index (χ3n) is 4.43. The van der Waals surface area contributed by atoms with E-state index < -0.39 is 11.7 Å². The Morgan fingerprint density at radius 3 is 2.50 bits per heavy atom. The van der Waals surface area contributed by atoms with Crippen LogP contribution in [0.15, 0.2) is 42.5 Å². The molecule has 28 heavy (non-hydrogen) atoms. The zero-order valence-corrected chi connectivity index (χ0v) is 16.2. The Bertz CT molecular complexity index is 834. The number of amides is 2. The maximum atomic E-state index is 13.9. The van der Waals surface area contributed by atoms with Gasteiger partial charge in [0.15, 0.2) is 0 Å². The highest BCUT2D eigenvalue weighted by Crippen LogP contribution is 2.21. The highest BCUT2D eigenvalue weighted by molar-refractivity contribution is 6.33. The minimum absolute atomic E-state index is 0.0101. The van der Waals surface area contributed by atoms with Crippen molar-refractivity contribution in [2.75, 3.05) is 50.1 Å². The quantitative estimate of drug-likeness (QED) is 0.830. The Kier molecular flexibility index (Phi) is 6.49. The van der Waals surface area contributed by atoms with Crippen LogP contribution in [-0.2, 0) is 9.53 Å². The molecule has 1 aliphatic rings. The molecule has 2 aromatic rings. The molecule has 0 bridgehead atoms.